The summed E-state index contributed by atoms with van der Waals surface area (Å²) in [5.74, 6) is 2.02. The summed E-state index contributed by atoms with van der Waals surface area (Å²) < 4.78 is 10.5. The van der Waals surface area contributed by atoms with Gasteiger partial charge in [-0.25, -0.2) is 0 Å². The van der Waals surface area contributed by atoms with Crippen LogP contribution in [0.15, 0.2) is 18.2 Å². The van der Waals surface area contributed by atoms with Crippen molar-refractivity contribution in [1.82, 2.24) is 0 Å². The predicted molar refractivity (Wildman–Crippen MR) is 65.8 cm³/mol. The Morgan fingerprint density at radius 1 is 1.12 bits per heavy atom. The fourth-order valence-electron chi connectivity index (χ4n) is 2.37. The zero-order chi connectivity index (χ0) is 11.5. The minimum Gasteiger partial charge on any atom is -0.493 e. The molecule has 0 heterocycles. The first-order chi connectivity index (χ1) is 7.76. The summed E-state index contributed by atoms with van der Waals surface area (Å²) in [6, 6.07) is 6.09. The maximum absolute atomic E-state index is 6.31. The summed E-state index contributed by atoms with van der Waals surface area (Å²) in [6.07, 6.45) is 3.50. The highest BCUT2D eigenvalue weighted by molar-refractivity contribution is 6.21. The van der Waals surface area contributed by atoms with Gasteiger partial charge in [-0.05, 0) is 30.5 Å². The van der Waals surface area contributed by atoms with Crippen LogP contribution in [0, 0.1) is 0 Å². The second-order valence-corrected chi connectivity index (χ2v) is 4.73. The molecule has 1 aromatic rings. The van der Waals surface area contributed by atoms with Crippen molar-refractivity contribution in [2.75, 3.05) is 14.2 Å². The molecular weight excluding hydrogens is 224 g/mol. The summed E-state index contributed by atoms with van der Waals surface area (Å²) in [5, 5.41) is 0.262. The van der Waals surface area contributed by atoms with Crippen LogP contribution >= 0.6 is 11.6 Å². The Labute approximate surface area is 102 Å². The van der Waals surface area contributed by atoms with Crippen LogP contribution in [0.1, 0.15) is 30.7 Å². The molecule has 2 unspecified atom stereocenters. The van der Waals surface area contributed by atoms with Crippen LogP contribution in [-0.2, 0) is 0 Å². The van der Waals surface area contributed by atoms with E-state index in [1.54, 1.807) is 14.2 Å². The van der Waals surface area contributed by atoms with Crippen molar-refractivity contribution in [2.45, 2.75) is 30.6 Å². The number of rotatable bonds is 3. The third kappa shape index (κ3) is 2.12. The molecule has 2 nitrogen and oxygen atoms in total. The monoisotopic (exact) mass is 240 g/mol. The molecule has 0 aliphatic heterocycles. The standard InChI is InChI=1S/C13H17ClO2/c1-15-12-7-6-9(8-13(12)16-2)10-4-3-5-11(10)14/h6-8,10-11H,3-5H2,1-2H3. The van der Waals surface area contributed by atoms with Crippen LogP contribution in [-0.4, -0.2) is 19.6 Å². The Balaban J connectivity index is 2.28. The van der Waals surface area contributed by atoms with Crippen molar-refractivity contribution in [3.8, 4) is 11.5 Å². The Hall–Kier alpha value is -0.890. The second-order valence-electron chi connectivity index (χ2n) is 4.17. The van der Waals surface area contributed by atoms with Crippen molar-refractivity contribution >= 4 is 11.6 Å². The van der Waals surface area contributed by atoms with Gasteiger partial charge < -0.3 is 9.47 Å². The van der Waals surface area contributed by atoms with E-state index in [4.69, 9.17) is 21.1 Å². The smallest absolute Gasteiger partial charge is 0.160 e. The second kappa shape index (κ2) is 4.96. The number of halogens is 1. The molecule has 1 aromatic carbocycles. The van der Waals surface area contributed by atoms with E-state index in [1.807, 2.05) is 12.1 Å². The Bertz CT molecular complexity index is 365. The SMILES string of the molecule is COc1ccc(C2CCCC2Cl)cc1OC. The van der Waals surface area contributed by atoms with Crippen LogP contribution in [0.5, 0.6) is 11.5 Å². The van der Waals surface area contributed by atoms with E-state index in [-0.39, 0.29) is 5.38 Å². The summed E-state index contributed by atoms with van der Waals surface area (Å²) in [4.78, 5) is 0. The lowest BCUT2D eigenvalue weighted by molar-refractivity contribution is 0.354. The van der Waals surface area contributed by atoms with Gasteiger partial charge in [-0.1, -0.05) is 12.5 Å². The molecule has 0 N–H and O–H groups in total. The molecule has 0 bridgehead atoms. The molecule has 0 amide bonds. The van der Waals surface area contributed by atoms with E-state index >= 15 is 0 Å². The zero-order valence-electron chi connectivity index (χ0n) is 9.70. The molecule has 2 rings (SSSR count). The van der Waals surface area contributed by atoms with E-state index in [0.29, 0.717) is 5.92 Å². The van der Waals surface area contributed by atoms with E-state index in [0.717, 1.165) is 17.9 Å². The maximum atomic E-state index is 6.31. The topological polar surface area (TPSA) is 18.5 Å². The number of ether oxygens (including phenoxy) is 2. The van der Waals surface area contributed by atoms with Crippen LogP contribution in [0.4, 0.5) is 0 Å². The van der Waals surface area contributed by atoms with Gasteiger partial charge in [0, 0.05) is 11.3 Å². The highest BCUT2D eigenvalue weighted by atomic mass is 35.5. The summed E-state index contributed by atoms with van der Waals surface area (Å²) >= 11 is 6.31. The number of hydrogen-bond acceptors (Lipinski definition) is 2. The number of methoxy groups -OCH3 is 2. The normalized spacial score (nSPS) is 24.4. The molecule has 0 saturated heterocycles. The minimum absolute atomic E-state index is 0.262. The molecule has 0 spiro atoms. The lowest BCUT2D eigenvalue weighted by Gasteiger charge is -2.16. The van der Waals surface area contributed by atoms with Gasteiger partial charge in [-0.2, -0.15) is 0 Å². The largest absolute Gasteiger partial charge is 0.493 e. The maximum Gasteiger partial charge on any atom is 0.160 e. The Morgan fingerprint density at radius 2 is 1.88 bits per heavy atom. The third-order valence-electron chi connectivity index (χ3n) is 3.27. The molecule has 88 valence electrons. The molecule has 1 aliphatic carbocycles. The van der Waals surface area contributed by atoms with Gasteiger partial charge in [-0.3, -0.25) is 0 Å². The van der Waals surface area contributed by atoms with Gasteiger partial charge in [0.1, 0.15) is 0 Å². The van der Waals surface area contributed by atoms with Crippen molar-refractivity contribution < 1.29 is 9.47 Å². The average molecular weight is 241 g/mol. The molecule has 16 heavy (non-hydrogen) atoms. The fraction of sp³-hybridized carbons (Fsp3) is 0.538. The molecular formula is C13H17ClO2. The lowest BCUT2D eigenvalue weighted by Crippen LogP contribution is -2.05. The first kappa shape index (κ1) is 11.6. The van der Waals surface area contributed by atoms with E-state index in [9.17, 15) is 0 Å². The first-order valence-electron chi connectivity index (χ1n) is 5.62. The first-order valence-corrected chi connectivity index (χ1v) is 6.06. The van der Waals surface area contributed by atoms with Gasteiger partial charge in [0.15, 0.2) is 11.5 Å². The van der Waals surface area contributed by atoms with Gasteiger partial charge in [0.25, 0.3) is 0 Å². The van der Waals surface area contributed by atoms with Crippen molar-refractivity contribution in [3.05, 3.63) is 23.8 Å². The summed E-state index contributed by atoms with van der Waals surface area (Å²) in [6.45, 7) is 0. The summed E-state index contributed by atoms with van der Waals surface area (Å²) in [7, 11) is 3.31. The molecule has 1 saturated carbocycles. The summed E-state index contributed by atoms with van der Waals surface area (Å²) in [5.41, 5.74) is 1.26. The molecule has 1 aliphatic rings. The molecule has 1 fully saturated rings. The predicted octanol–water partition coefficient (Wildman–Crippen LogP) is 3.58. The van der Waals surface area contributed by atoms with E-state index in [2.05, 4.69) is 6.07 Å². The number of alkyl halides is 1. The zero-order valence-corrected chi connectivity index (χ0v) is 10.5. The average Bonchev–Trinajstić information content (AvgIpc) is 2.74. The highest BCUT2D eigenvalue weighted by Crippen LogP contribution is 2.40. The Kier molecular flexibility index (Phi) is 3.59. The quantitative estimate of drug-likeness (QED) is 0.752. The van der Waals surface area contributed by atoms with Gasteiger partial charge in [0.05, 0.1) is 14.2 Å². The van der Waals surface area contributed by atoms with E-state index < -0.39 is 0 Å². The number of hydrogen-bond donors (Lipinski definition) is 0. The van der Waals surface area contributed by atoms with Crippen LogP contribution in [0.3, 0.4) is 0 Å². The molecule has 0 radical (unpaired) electrons. The molecule has 0 aromatic heterocycles. The van der Waals surface area contributed by atoms with E-state index in [1.165, 1.54) is 18.4 Å². The van der Waals surface area contributed by atoms with Crippen molar-refractivity contribution in [3.63, 3.8) is 0 Å². The lowest BCUT2D eigenvalue weighted by atomic mass is 9.97. The van der Waals surface area contributed by atoms with Crippen molar-refractivity contribution in [1.29, 1.82) is 0 Å². The molecule has 2 atom stereocenters. The van der Waals surface area contributed by atoms with Gasteiger partial charge >= 0.3 is 0 Å². The Morgan fingerprint density at radius 3 is 2.44 bits per heavy atom. The van der Waals surface area contributed by atoms with Crippen LogP contribution < -0.4 is 9.47 Å². The highest BCUT2D eigenvalue weighted by Gasteiger charge is 2.27. The van der Waals surface area contributed by atoms with Gasteiger partial charge in [-0.15, -0.1) is 11.6 Å². The van der Waals surface area contributed by atoms with Gasteiger partial charge in [0.2, 0.25) is 0 Å². The van der Waals surface area contributed by atoms with Crippen molar-refractivity contribution in [2.24, 2.45) is 0 Å². The number of benzene rings is 1. The van der Waals surface area contributed by atoms with Crippen LogP contribution in [0.25, 0.3) is 0 Å². The molecule has 3 heteroatoms. The minimum atomic E-state index is 0.262. The van der Waals surface area contributed by atoms with Crippen LogP contribution in [0.2, 0.25) is 0 Å². The third-order valence-corrected chi connectivity index (χ3v) is 3.79. The fourth-order valence-corrected chi connectivity index (χ4v) is 2.80.